The van der Waals surface area contributed by atoms with Crippen molar-refractivity contribution in [1.82, 2.24) is 0 Å². The van der Waals surface area contributed by atoms with Crippen LogP contribution in [0.15, 0.2) is 6.08 Å². The third-order valence-corrected chi connectivity index (χ3v) is 2.99. The fraction of sp³-hybridized carbons (Fsp3) is 0.308. The Morgan fingerprint density at radius 2 is 1.57 bits per heavy atom. The second-order valence-corrected chi connectivity index (χ2v) is 4.27. The van der Waals surface area contributed by atoms with Gasteiger partial charge in [0.1, 0.15) is 5.69 Å². The molecule has 1 aromatic carbocycles. The van der Waals surface area contributed by atoms with E-state index in [4.69, 9.17) is 4.74 Å². The zero-order chi connectivity index (χ0) is 15.6. The van der Waals surface area contributed by atoms with Gasteiger partial charge in [0.15, 0.2) is 23.3 Å². The molecule has 0 unspecified atom stereocenters. The lowest BCUT2D eigenvalue weighted by atomic mass is 10.1. The number of benzene rings is 1. The van der Waals surface area contributed by atoms with Crippen molar-refractivity contribution >= 4 is 17.7 Å². The normalized spacial score (nSPS) is 15.7. The van der Waals surface area contributed by atoms with E-state index in [0.29, 0.717) is 6.08 Å². The fourth-order valence-corrected chi connectivity index (χ4v) is 2.00. The van der Waals surface area contributed by atoms with Crippen LogP contribution in [0.3, 0.4) is 0 Å². The van der Waals surface area contributed by atoms with E-state index in [9.17, 15) is 27.5 Å². The van der Waals surface area contributed by atoms with Crippen LogP contribution in [0.2, 0.25) is 0 Å². The minimum atomic E-state index is -1.74. The highest BCUT2D eigenvalue weighted by atomic mass is 19.2. The molecule has 1 aromatic rings. The van der Waals surface area contributed by atoms with Crippen LogP contribution in [0.25, 0.3) is 6.08 Å². The number of hydrogen-bond donors (Lipinski definition) is 0. The monoisotopic (exact) mass is 304 g/mol. The SMILES string of the molecule is O=C([O-])/C=C\c1c(F)c(F)c(N2CCOCC2)c(F)c1F. The highest BCUT2D eigenvalue weighted by molar-refractivity contribution is 5.83. The van der Waals surface area contributed by atoms with E-state index in [1.807, 2.05) is 0 Å². The average molecular weight is 304 g/mol. The van der Waals surface area contributed by atoms with Gasteiger partial charge in [0.05, 0.1) is 24.7 Å². The Balaban J connectivity index is 2.52. The van der Waals surface area contributed by atoms with E-state index in [0.717, 1.165) is 4.90 Å². The first-order valence-corrected chi connectivity index (χ1v) is 6.01. The lowest BCUT2D eigenvalue weighted by Gasteiger charge is -2.29. The summed E-state index contributed by atoms with van der Waals surface area (Å²) in [5.41, 5.74) is -1.93. The molecule has 0 saturated carbocycles. The largest absolute Gasteiger partial charge is 0.545 e. The molecule has 1 heterocycles. The summed E-state index contributed by atoms with van der Waals surface area (Å²) in [6, 6.07) is 0. The maximum absolute atomic E-state index is 14.0. The number of rotatable bonds is 3. The number of morpholine rings is 1. The molecule has 0 aliphatic carbocycles. The lowest BCUT2D eigenvalue weighted by Crippen LogP contribution is -2.37. The fourth-order valence-electron chi connectivity index (χ4n) is 2.00. The Labute approximate surface area is 117 Å². The first kappa shape index (κ1) is 15.3. The molecule has 2 rings (SSSR count). The second-order valence-electron chi connectivity index (χ2n) is 4.27. The Kier molecular flexibility index (Phi) is 4.46. The molecule has 21 heavy (non-hydrogen) atoms. The maximum Gasteiger partial charge on any atom is 0.185 e. The van der Waals surface area contributed by atoms with Gasteiger partial charge in [-0.15, -0.1) is 0 Å². The number of hydrogen-bond acceptors (Lipinski definition) is 4. The number of ether oxygens (including phenoxy) is 1. The van der Waals surface area contributed by atoms with Gasteiger partial charge in [-0.1, -0.05) is 0 Å². The molecule has 1 aliphatic heterocycles. The number of aliphatic carboxylic acids is 1. The highest BCUT2D eigenvalue weighted by Crippen LogP contribution is 2.32. The number of anilines is 1. The summed E-state index contributed by atoms with van der Waals surface area (Å²) in [6.07, 6.45) is 0.698. The van der Waals surface area contributed by atoms with Crippen molar-refractivity contribution in [1.29, 1.82) is 0 Å². The van der Waals surface area contributed by atoms with Crippen molar-refractivity contribution in [2.24, 2.45) is 0 Å². The van der Waals surface area contributed by atoms with Crippen LogP contribution in [-0.4, -0.2) is 32.3 Å². The van der Waals surface area contributed by atoms with E-state index in [1.165, 1.54) is 0 Å². The number of carbonyl (C=O) groups excluding carboxylic acids is 1. The third-order valence-electron chi connectivity index (χ3n) is 2.99. The van der Waals surface area contributed by atoms with Crippen LogP contribution in [0.1, 0.15) is 5.56 Å². The quantitative estimate of drug-likeness (QED) is 0.472. The van der Waals surface area contributed by atoms with Crippen LogP contribution in [-0.2, 0) is 9.53 Å². The second kappa shape index (κ2) is 6.13. The van der Waals surface area contributed by atoms with Crippen molar-refractivity contribution in [3.63, 3.8) is 0 Å². The first-order valence-electron chi connectivity index (χ1n) is 6.01. The standard InChI is InChI=1S/C13H11F4NO3/c14-9-7(1-2-8(19)20)10(15)12(17)13(11(9)16)18-3-5-21-6-4-18/h1-2H,3-6H2,(H,19,20)/p-1/b2-1-. The van der Waals surface area contributed by atoms with Crippen LogP contribution >= 0.6 is 0 Å². The minimum absolute atomic E-state index is 0.0843. The van der Waals surface area contributed by atoms with Crippen LogP contribution in [0, 0.1) is 23.3 Å². The molecule has 4 nitrogen and oxygen atoms in total. The number of halogens is 4. The summed E-state index contributed by atoms with van der Waals surface area (Å²) in [6.45, 7) is 0.519. The Morgan fingerprint density at radius 1 is 1.05 bits per heavy atom. The van der Waals surface area contributed by atoms with E-state index >= 15 is 0 Å². The van der Waals surface area contributed by atoms with Gasteiger partial charge in [0, 0.05) is 13.1 Å². The van der Waals surface area contributed by atoms with E-state index in [1.54, 1.807) is 0 Å². The maximum atomic E-state index is 14.0. The number of carboxylic acids is 1. The summed E-state index contributed by atoms with van der Waals surface area (Å²) in [5.74, 6) is -8.21. The van der Waals surface area contributed by atoms with Gasteiger partial charge in [-0.25, -0.2) is 17.6 Å². The van der Waals surface area contributed by atoms with E-state index in [-0.39, 0.29) is 32.4 Å². The van der Waals surface area contributed by atoms with Crippen LogP contribution in [0.5, 0.6) is 0 Å². The number of nitrogens with zero attached hydrogens (tertiary/aromatic N) is 1. The Bertz CT molecular complexity index is 569. The van der Waals surface area contributed by atoms with Crippen molar-refractivity contribution in [2.45, 2.75) is 0 Å². The molecule has 0 N–H and O–H groups in total. The summed E-state index contributed by atoms with van der Waals surface area (Å²) in [5, 5.41) is 10.2. The molecular weight excluding hydrogens is 294 g/mol. The molecule has 0 radical (unpaired) electrons. The zero-order valence-corrected chi connectivity index (χ0v) is 10.7. The van der Waals surface area contributed by atoms with Gasteiger partial charge < -0.3 is 19.5 Å². The van der Waals surface area contributed by atoms with Crippen LogP contribution < -0.4 is 10.0 Å². The molecule has 0 spiro atoms. The summed E-state index contributed by atoms with van der Waals surface area (Å²) >= 11 is 0. The smallest absolute Gasteiger partial charge is 0.185 e. The van der Waals surface area contributed by atoms with Crippen molar-refractivity contribution in [3.8, 4) is 0 Å². The molecule has 114 valence electrons. The first-order chi connectivity index (χ1) is 9.93. The van der Waals surface area contributed by atoms with Gasteiger partial charge in [-0.2, -0.15) is 0 Å². The Morgan fingerprint density at radius 3 is 2.05 bits per heavy atom. The summed E-state index contributed by atoms with van der Waals surface area (Å²) in [4.78, 5) is 11.4. The Hall–Kier alpha value is -2.09. The molecular formula is C13H10F4NO3-. The van der Waals surface area contributed by atoms with Gasteiger partial charge >= 0.3 is 0 Å². The van der Waals surface area contributed by atoms with Crippen molar-refractivity contribution in [3.05, 3.63) is 34.9 Å². The topological polar surface area (TPSA) is 52.6 Å². The number of carbonyl (C=O) groups is 1. The zero-order valence-electron chi connectivity index (χ0n) is 10.7. The van der Waals surface area contributed by atoms with Gasteiger partial charge in [0.25, 0.3) is 0 Å². The molecule has 0 atom stereocenters. The van der Waals surface area contributed by atoms with Crippen LogP contribution in [0.4, 0.5) is 23.2 Å². The lowest BCUT2D eigenvalue weighted by molar-refractivity contribution is -0.297. The molecule has 0 bridgehead atoms. The third kappa shape index (κ3) is 2.99. The summed E-state index contributed by atoms with van der Waals surface area (Å²) in [7, 11) is 0. The molecule has 1 saturated heterocycles. The predicted molar refractivity (Wildman–Crippen MR) is 63.3 cm³/mol. The predicted octanol–water partition coefficient (Wildman–Crippen LogP) is 0.843. The average Bonchev–Trinajstić information content (AvgIpc) is 2.46. The summed E-state index contributed by atoms with van der Waals surface area (Å²) < 4.78 is 60.5. The van der Waals surface area contributed by atoms with Crippen molar-refractivity contribution < 1.29 is 32.2 Å². The highest BCUT2D eigenvalue weighted by Gasteiger charge is 2.28. The van der Waals surface area contributed by atoms with Gasteiger partial charge in [-0.05, 0) is 12.2 Å². The van der Waals surface area contributed by atoms with E-state index < -0.39 is 40.5 Å². The van der Waals surface area contributed by atoms with Gasteiger partial charge in [-0.3, -0.25) is 0 Å². The number of carboxylic acid groups (broad SMARTS) is 1. The molecule has 0 aromatic heterocycles. The molecule has 1 aliphatic rings. The van der Waals surface area contributed by atoms with E-state index in [2.05, 4.69) is 0 Å². The molecule has 1 fully saturated rings. The minimum Gasteiger partial charge on any atom is -0.545 e. The van der Waals surface area contributed by atoms with Gasteiger partial charge in [0.2, 0.25) is 0 Å². The molecule has 0 amide bonds. The van der Waals surface area contributed by atoms with Crippen molar-refractivity contribution in [2.75, 3.05) is 31.2 Å². The molecule has 8 heteroatoms.